The summed E-state index contributed by atoms with van der Waals surface area (Å²) in [6.45, 7) is 3.88. The molecule has 1 N–H and O–H groups in total. The van der Waals surface area contributed by atoms with Crippen molar-refractivity contribution in [1.29, 1.82) is 0 Å². The van der Waals surface area contributed by atoms with Gasteiger partial charge < -0.3 is 14.7 Å². The Balaban J connectivity index is 1.87. The quantitative estimate of drug-likeness (QED) is 0.419. The first kappa shape index (κ1) is 20.7. The number of hydrogen-bond acceptors (Lipinski definition) is 5. The van der Waals surface area contributed by atoms with Gasteiger partial charge in [-0.05, 0) is 67.5 Å². The van der Waals surface area contributed by atoms with E-state index in [1.54, 1.807) is 30.2 Å². The average molecular weight is 426 g/mol. The molecule has 1 unspecified atom stereocenters. The third kappa shape index (κ3) is 3.43. The molecular formula is C24H27NO4S. The van der Waals surface area contributed by atoms with Crippen molar-refractivity contribution in [3.8, 4) is 5.75 Å². The van der Waals surface area contributed by atoms with Crippen molar-refractivity contribution in [2.75, 3.05) is 7.11 Å². The van der Waals surface area contributed by atoms with Crippen molar-refractivity contribution in [3.63, 3.8) is 0 Å². The molecule has 2 aliphatic rings. The first-order valence-electron chi connectivity index (χ1n) is 10.4. The number of aliphatic hydroxyl groups is 1. The molecule has 0 radical (unpaired) electrons. The number of amides is 1. The van der Waals surface area contributed by atoms with Gasteiger partial charge in [0.1, 0.15) is 17.6 Å². The molecule has 1 saturated heterocycles. The average Bonchev–Trinajstić information content (AvgIpc) is 3.28. The smallest absolute Gasteiger partial charge is 0.295 e. The molecule has 1 aromatic heterocycles. The summed E-state index contributed by atoms with van der Waals surface area (Å²) in [7, 11) is 1.59. The second kappa shape index (κ2) is 8.26. The van der Waals surface area contributed by atoms with Crippen LogP contribution in [0.1, 0.15) is 59.7 Å². The molecule has 1 aromatic carbocycles. The lowest BCUT2D eigenvalue weighted by atomic mass is 9.92. The van der Waals surface area contributed by atoms with E-state index >= 15 is 0 Å². The van der Waals surface area contributed by atoms with Crippen LogP contribution in [0.5, 0.6) is 5.75 Å². The summed E-state index contributed by atoms with van der Waals surface area (Å²) in [5.74, 6) is -0.495. The molecule has 2 fully saturated rings. The number of rotatable bonds is 4. The molecule has 0 spiro atoms. The van der Waals surface area contributed by atoms with Gasteiger partial charge in [-0.25, -0.2) is 0 Å². The Kier molecular flexibility index (Phi) is 5.69. The van der Waals surface area contributed by atoms with E-state index in [-0.39, 0.29) is 17.4 Å². The zero-order valence-corrected chi connectivity index (χ0v) is 18.4. The molecule has 1 amide bonds. The highest BCUT2D eigenvalue weighted by Crippen LogP contribution is 2.45. The highest BCUT2D eigenvalue weighted by atomic mass is 32.1. The maximum atomic E-state index is 13.2. The maximum absolute atomic E-state index is 13.2. The number of likely N-dealkylation sites (tertiary alicyclic amines) is 1. The summed E-state index contributed by atoms with van der Waals surface area (Å²) in [5, 5.41) is 13.2. The third-order valence-corrected chi connectivity index (χ3v) is 7.34. The van der Waals surface area contributed by atoms with E-state index in [9.17, 15) is 14.7 Å². The standard InChI is InChI=1S/C24H27NO4S/c1-14-11-12-30-23(14)20-19(21(26)16-9-10-18(29-3)15(2)13-16)22(27)24(28)25(20)17-7-5-4-6-8-17/h9-13,17,20,26H,4-8H2,1-3H3/b21-19-. The van der Waals surface area contributed by atoms with Gasteiger partial charge in [0.25, 0.3) is 11.7 Å². The number of hydrogen-bond donors (Lipinski definition) is 1. The molecule has 30 heavy (non-hydrogen) atoms. The van der Waals surface area contributed by atoms with Gasteiger partial charge in [0, 0.05) is 16.5 Å². The molecule has 1 aliphatic carbocycles. The minimum absolute atomic E-state index is 0.0320. The molecule has 6 heteroatoms. The number of nitrogens with zero attached hydrogens (tertiary/aromatic N) is 1. The molecule has 1 aliphatic heterocycles. The summed E-state index contributed by atoms with van der Waals surface area (Å²) in [6, 6.07) is 6.79. The molecule has 2 heterocycles. The van der Waals surface area contributed by atoms with Gasteiger partial charge in [-0.15, -0.1) is 11.3 Å². The number of carbonyl (C=O) groups is 2. The summed E-state index contributed by atoms with van der Waals surface area (Å²) in [6.07, 6.45) is 5.07. The summed E-state index contributed by atoms with van der Waals surface area (Å²) in [4.78, 5) is 29.0. The molecule has 1 atom stereocenters. The van der Waals surface area contributed by atoms with Crippen LogP contribution in [0, 0.1) is 13.8 Å². The molecule has 158 valence electrons. The largest absolute Gasteiger partial charge is 0.507 e. The van der Waals surface area contributed by atoms with E-state index in [4.69, 9.17) is 4.74 Å². The number of aryl methyl sites for hydroxylation is 2. The predicted molar refractivity (Wildman–Crippen MR) is 118 cm³/mol. The van der Waals surface area contributed by atoms with Crippen LogP contribution < -0.4 is 4.74 Å². The number of methoxy groups -OCH3 is 1. The Labute approximate surface area is 181 Å². The van der Waals surface area contributed by atoms with Gasteiger partial charge in [-0.2, -0.15) is 0 Å². The number of thiophene rings is 1. The lowest BCUT2D eigenvalue weighted by Crippen LogP contribution is -2.40. The molecule has 1 saturated carbocycles. The lowest BCUT2D eigenvalue weighted by molar-refractivity contribution is -0.141. The van der Waals surface area contributed by atoms with Crippen molar-refractivity contribution < 1.29 is 19.4 Å². The second-order valence-electron chi connectivity index (χ2n) is 8.15. The van der Waals surface area contributed by atoms with Crippen LogP contribution in [0.15, 0.2) is 35.2 Å². The molecule has 5 nitrogen and oxygen atoms in total. The van der Waals surface area contributed by atoms with E-state index in [0.717, 1.165) is 48.1 Å². The van der Waals surface area contributed by atoms with Crippen LogP contribution in [0.2, 0.25) is 0 Å². The molecule has 2 aromatic rings. The van der Waals surface area contributed by atoms with Gasteiger partial charge in [-0.3, -0.25) is 9.59 Å². The van der Waals surface area contributed by atoms with Crippen molar-refractivity contribution in [2.24, 2.45) is 0 Å². The minimum atomic E-state index is -0.593. The fourth-order valence-electron chi connectivity index (χ4n) is 4.69. The first-order chi connectivity index (χ1) is 14.4. The zero-order chi connectivity index (χ0) is 21.4. The predicted octanol–water partition coefficient (Wildman–Crippen LogP) is 5.13. The fourth-order valence-corrected chi connectivity index (χ4v) is 5.72. The number of carbonyl (C=O) groups excluding carboxylic acids is 2. The Morgan fingerprint density at radius 3 is 2.43 bits per heavy atom. The Morgan fingerprint density at radius 1 is 1.10 bits per heavy atom. The van der Waals surface area contributed by atoms with Crippen LogP contribution in [-0.4, -0.2) is 34.8 Å². The maximum Gasteiger partial charge on any atom is 0.295 e. The number of benzene rings is 1. The molecule has 4 rings (SSSR count). The van der Waals surface area contributed by atoms with Crippen LogP contribution in [0.4, 0.5) is 0 Å². The number of ether oxygens (including phenoxy) is 1. The summed E-state index contributed by atoms with van der Waals surface area (Å²) in [5.41, 5.74) is 2.60. The monoisotopic (exact) mass is 425 g/mol. The lowest BCUT2D eigenvalue weighted by Gasteiger charge is -2.35. The van der Waals surface area contributed by atoms with Crippen LogP contribution in [0.3, 0.4) is 0 Å². The van der Waals surface area contributed by atoms with Crippen LogP contribution in [0.25, 0.3) is 5.76 Å². The highest BCUT2D eigenvalue weighted by molar-refractivity contribution is 7.10. The zero-order valence-electron chi connectivity index (χ0n) is 17.6. The topological polar surface area (TPSA) is 66.8 Å². The second-order valence-corrected chi connectivity index (χ2v) is 9.10. The fraction of sp³-hybridized carbons (Fsp3) is 0.417. The Bertz CT molecular complexity index is 1020. The van der Waals surface area contributed by atoms with Crippen molar-refractivity contribution in [1.82, 2.24) is 4.90 Å². The van der Waals surface area contributed by atoms with Crippen LogP contribution in [-0.2, 0) is 9.59 Å². The highest BCUT2D eigenvalue weighted by Gasteiger charge is 2.49. The van der Waals surface area contributed by atoms with Crippen molar-refractivity contribution in [2.45, 2.75) is 58.0 Å². The minimum Gasteiger partial charge on any atom is -0.507 e. The van der Waals surface area contributed by atoms with E-state index in [0.29, 0.717) is 11.3 Å². The third-order valence-electron chi connectivity index (χ3n) is 6.27. The van der Waals surface area contributed by atoms with E-state index in [2.05, 4.69) is 0 Å². The first-order valence-corrected chi connectivity index (χ1v) is 11.3. The van der Waals surface area contributed by atoms with Gasteiger partial charge in [0.15, 0.2) is 0 Å². The Hall–Kier alpha value is -2.60. The SMILES string of the molecule is COc1ccc(/C(O)=C2/C(=O)C(=O)N(C3CCCCC3)C2c2sccc2C)cc1C. The molecular weight excluding hydrogens is 398 g/mol. The van der Waals surface area contributed by atoms with E-state index in [1.165, 1.54) is 11.3 Å². The summed E-state index contributed by atoms with van der Waals surface area (Å²) >= 11 is 1.53. The van der Waals surface area contributed by atoms with Crippen molar-refractivity contribution in [3.05, 3.63) is 56.8 Å². The summed E-state index contributed by atoms with van der Waals surface area (Å²) < 4.78 is 5.31. The molecule has 0 bridgehead atoms. The Morgan fingerprint density at radius 2 is 1.83 bits per heavy atom. The number of ketones is 1. The number of aliphatic hydroxyl groups excluding tert-OH is 1. The van der Waals surface area contributed by atoms with Gasteiger partial charge in [-0.1, -0.05) is 19.3 Å². The van der Waals surface area contributed by atoms with Crippen molar-refractivity contribution >= 4 is 28.8 Å². The van der Waals surface area contributed by atoms with E-state index in [1.807, 2.05) is 25.3 Å². The van der Waals surface area contributed by atoms with Gasteiger partial charge >= 0.3 is 0 Å². The number of Topliss-reactive ketones (excluding diaryl/α,β-unsaturated/α-hetero) is 1. The van der Waals surface area contributed by atoms with E-state index < -0.39 is 17.7 Å². The van der Waals surface area contributed by atoms with Gasteiger partial charge in [0.2, 0.25) is 0 Å². The normalized spacial score (nSPS) is 22.0. The van der Waals surface area contributed by atoms with Gasteiger partial charge in [0.05, 0.1) is 12.7 Å². The van der Waals surface area contributed by atoms with Crippen LogP contribution >= 0.6 is 11.3 Å².